The first-order valence-corrected chi connectivity index (χ1v) is 12.0. The molecule has 0 bridgehead atoms. The van der Waals surface area contributed by atoms with Gasteiger partial charge in [0.2, 0.25) is 0 Å². The van der Waals surface area contributed by atoms with Gasteiger partial charge in [0.15, 0.2) is 0 Å². The number of likely N-dealkylation sites (N-methyl/N-ethyl adjacent to an activating group) is 1. The molecule has 1 saturated heterocycles. The Balaban J connectivity index is 2.06. The minimum absolute atomic E-state index is 0.0909. The van der Waals surface area contributed by atoms with Crippen molar-refractivity contribution in [2.75, 3.05) is 40.4 Å². The molecule has 1 amide bonds. The normalized spacial score (nSPS) is 17.5. The van der Waals surface area contributed by atoms with Crippen molar-refractivity contribution in [3.8, 4) is 11.5 Å². The molecule has 35 heavy (non-hydrogen) atoms. The first-order chi connectivity index (χ1) is 16.6. The third-order valence-electron chi connectivity index (χ3n) is 5.86. The summed E-state index contributed by atoms with van der Waals surface area (Å²) in [7, 11) is 3.82. The van der Waals surface area contributed by atoms with Gasteiger partial charge in [-0.2, -0.15) is 0 Å². The number of amides is 1. The molecular weight excluding hydrogens is 444 g/mol. The quantitative estimate of drug-likeness (QED) is 0.308. The van der Waals surface area contributed by atoms with Crippen molar-refractivity contribution < 1.29 is 24.2 Å². The van der Waals surface area contributed by atoms with Crippen LogP contribution in [-0.4, -0.2) is 67.0 Å². The van der Waals surface area contributed by atoms with Gasteiger partial charge in [-0.25, -0.2) is 0 Å². The Morgan fingerprint density at radius 1 is 1.09 bits per heavy atom. The zero-order valence-electron chi connectivity index (χ0n) is 21.5. The van der Waals surface area contributed by atoms with E-state index in [1.165, 1.54) is 4.90 Å². The Morgan fingerprint density at radius 2 is 1.77 bits per heavy atom. The summed E-state index contributed by atoms with van der Waals surface area (Å²) in [5.74, 6) is 0.334. The molecule has 1 fully saturated rings. The fourth-order valence-electron chi connectivity index (χ4n) is 4.05. The van der Waals surface area contributed by atoms with Gasteiger partial charge in [0.05, 0.1) is 24.8 Å². The summed E-state index contributed by atoms with van der Waals surface area (Å²) in [6.45, 7) is 10.0. The summed E-state index contributed by atoms with van der Waals surface area (Å²) >= 11 is 0. The predicted octanol–water partition coefficient (Wildman–Crippen LogP) is 4.41. The van der Waals surface area contributed by atoms with Crippen LogP contribution in [-0.2, 0) is 9.59 Å². The highest BCUT2D eigenvalue weighted by Crippen LogP contribution is 2.40. The van der Waals surface area contributed by atoms with E-state index in [4.69, 9.17) is 9.47 Å². The lowest BCUT2D eigenvalue weighted by Gasteiger charge is -2.26. The van der Waals surface area contributed by atoms with Gasteiger partial charge in [-0.05, 0) is 75.3 Å². The molecule has 0 saturated carbocycles. The molecule has 0 unspecified atom stereocenters. The Bertz CT molecular complexity index is 1090. The van der Waals surface area contributed by atoms with E-state index in [2.05, 4.69) is 13.8 Å². The molecule has 7 nitrogen and oxygen atoms in total. The number of ketones is 1. The molecule has 0 aliphatic carbocycles. The standard InChI is InChI=1S/C28H36N2O5/c1-7-34-22-11-8-20(9-12-22)25-24(27(32)28(33)30(25)15-14-29(5)6)26(31)21-10-13-23(19(4)16-21)35-17-18(2)3/h8-13,16,18,25,31H,7,14-15,17H2,1-6H3/t25-/m1/s1. The maximum absolute atomic E-state index is 13.2. The molecule has 1 heterocycles. The van der Waals surface area contributed by atoms with Crippen molar-refractivity contribution in [2.24, 2.45) is 5.92 Å². The van der Waals surface area contributed by atoms with E-state index in [9.17, 15) is 14.7 Å². The summed E-state index contributed by atoms with van der Waals surface area (Å²) in [6.07, 6.45) is 0. The van der Waals surface area contributed by atoms with Gasteiger partial charge in [0, 0.05) is 18.7 Å². The molecule has 2 aromatic rings. The van der Waals surface area contributed by atoms with E-state index in [-0.39, 0.29) is 11.3 Å². The lowest BCUT2D eigenvalue weighted by molar-refractivity contribution is -0.140. The Labute approximate surface area is 207 Å². The average molecular weight is 481 g/mol. The van der Waals surface area contributed by atoms with Crippen molar-refractivity contribution in [3.05, 3.63) is 64.7 Å². The van der Waals surface area contributed by atoms with Crippen LogP contribution in [0.4, 0.5) is 0 Å². The highest BCUT2D eigenvalue weighted by atomic mass is 16.5. The fourth-order valence-corrected chi connectivity index (χ4v) is 4.05. The molecule has 0 spiro atoms. The highest BCUT2D eigenvalue weighted by Gasteiger charge is 2.45. The number of hydrogen-bond donors (Lipinski definition) is 1. The highest BCUT2D eigenvalue weighted by molar-refractivity contribution is 6.46. The van der Waals surface area contributed by atoms with Gasteiger partial charge in [-0.15, -0.1) is 0 Å². The summed E-state index contributed by atoms with van der Waals surface area (Å²) in [4.78, 5) is 29.7. The summed E-state index contributed by atoms with van der Waals surface area (Å²) in [5, 5.41) is 11.3. The van der Waals surface area contributed by atoms with E-state index in [1.54, 1.807) is 18.2 Å². The van der Waals surface area contributed by atoms with Gasteiger partial charge in [0.1, 0.15) is 17.3 Å². The monoisotopic (exact) mass is 480 g/mol. The maximum atomic E-state index is 13.2. The first-order valence-electron chi connectivity index (χ1n) is 12.0. The predicted molar refractivity (Wildman–Crippen MR) is 137 cm³/mol. The fraction of sp³-hybridized carbons (Fsp3) is 0.429. The van der Waals surface area contributed by atoms with Gasteiger partial charge in [0.25, 0.3) is 11.7 Å². The second-order valence-corrected chi connectivity index (χ2v) is 9.48. The molecule has 3 rings (SSSR count). The number of Topliss-reactive ketones (excluding diaryl/α,β-unsaturated/α-hetero) is 1. The van der Waals surface area contributed by atoms with Crippen LogP contribution in [0.15, 0.2) is 48.0 Å². The summed E-state index contributed by atoms with van der Waals surface area (Å²) < 4.78 is 11.4. The maximum Gasteiger partial charge on any atom is 0.295 e. The van der Waals surface area contributed by atoms with Crippen LogP contribution in [0, 0.1) is 12.8 Å². The molecule has 7 heteroatoms. The van der Waals surface area contributed by atoms with Crippen LogP contribution in [0.25, 0.3) is 5.76 Å². The summed E-state index contributed by atoms with van der Waals surface area (Å²) in [5.41, 5.74) is 2.14. The van der Waals surface area contributed by atoms with Gasteiger partial charge < -0.3 is 24.4 Å². The minimum atomic E-state index is -0.692. The second-order valence-electron chi connectivity index (χ2n) is 9.48. The SMILES string of the molecule is CCOc1ccc([C@@H]2C(=C(O)c3ccc(OCC(C)C)c(C)c3)C(=O)C(=O)N2CCN(C)C)cc1. The Hall–Kier alpha value is -3.32. The van der Waals surface area contributed by atoms with E-state index in [1.807, 2.05) is 57.1 Å². The molecule has 1 atom stereocenters. The lowest BCUT2D eigenvalue weighted by Crippen LogP contribution is -2.35. The number of rotatable bonds is 10. The van der Waals surface area contributed by atoms with Crippen molar-refractivity contribution in [2.45, 2.75) is 33.7 Å². The van der Waals surface area contributed by atoms with Crippen LogP contribution in [0.3, 0.4) is 0 Å². The number of carbonyl (C=O) groups is 2. The number of nitrogens with zero attached hydrogens (tertiary/aromatic N) is 2. The third kappa shape index (κ3) is 6.03. The minimum Gasteiger partial charge on any atom is -0.507 e. The number of aliphatic hydroxyl groups excluding tert-OH is 1. The molecule has 1 N–H and O–H groups in total. The van der Waals surface area contributed by atoms with Gasteiger partial charge in [-0.3, -0.25) is 9.59 Å². The van der Waals surface area contributed by atoms with Crippen LogP contribution < -0.4 is 9.47 Å². The van der Waals surface area contributed by atoms with Gasteiger partial charge in [-0.1, -0.05) is 26.0 Å². The smallest absolute Gasteiger partial charge is 0.295 e. The van der Waals surface area contributed by atoms with E-state index >= 15 is 0 Å². The van der Waals surface area contributed by atoms with E-state index in [0.717, 1.165) is 16.9 Å². The number of likely N-dealkylation sites (tertiary alicyclic amines) is 1. The van der Waals surface area contributed by atoms with E-state index < -0.39 is 17.7 Å². The second kappa shape index (κ2) is 11.4. The van der Waals surface area contributed by atoms with Gasteiger partial charge >= 0.3 is 0 Å². The van der Waals surface area contributed by atoms with Crippen molar-refractivity contribution >= 4 is 17.4 Å². The largest absolute Gasteiger partial charge is 0.507 e. The Morgan fingerprint density at radius 3 is 2.34 bits per heavy atom. The van der Waals surface area contributed by atoms with Crippen LogP contribution >= 0.6 is 0 Å². The topological polar surface area (TPSA) is 79.3 Å². The third-order valence-corrected chi connectivity index (χ3v) is 5.86. The van der Waals surface area contributed by atoms with Crippen molar-refractivity contribution in [1.82, 2.24) is 9.80 Å². The van der Waals surface area contributed by atoms with Crippen LogP contribution in [0.2, 0.25) is 0 Å². The molecule has 1 aliphatic heterocycles. The molecule has 2 aromatic carbocycles. The Kier molecular flexibility index (Phi) is 8.57. The zero-order valence-corrected chi connectivity index (χ0v) is 21.5. The molecule has 188 valence electrons. The van der Waals surface area contributed by atoms with Crippen LogP contribution in [0.5, 0.6) is 11.5 Å². The van der Waals surface area contributed by atoms with Crippen LogP contribution in [0.1, 0.15) is 43.5 Å². The molecule has 0 aromatic heterocycles. The average Bonchev–Trinajstić information content (AvgIpc) is 3.06. The molecule has 0 radical (unpaired) electrons. The number of aryl methyl sites for hydroxylation is 1. The number of hydrogen-bond acceptors (Lipinski definition) is 6. The van der Waals surface area contributed by atoms with E-state index in [0.29, 0.717) is 43.5 Å². The number of aliphatic hydroxyl groups is 1. The number of ether oxygens (including phenoxy) is 2. The van der Waals surface area contributed by atoms with Crippen molar-refractivity contribution in [3.63, 3.8) is 0 Å². The number of carbonyl (C=O) groups excluding carboxylic acids is 2. The first kappa shape index (κ1) is 26.3. The molecule has 1 aliphatic rings. The summed E-state index contributed by atoms with van der Waals surface area (Å²) in [6, 6.07) is 11.9. The zero-order chi connectivity index (χ0) is 25.7. The molecular formula is C28H36N2O5. The van der Waals surface area contributed by atoms with Crippen molar-refractivity contribution in [1.29, 1.82) is 0 Å². The lowest BCUT2D eigenvalue weighted by atomic mass is 9.94. The number of benzene rings is 2.